The zero-order chi connectivity index (χ0) is 14.9. The van der Waals surface area contributed by atoms with E-state index in [4.69, 9.17) is 19.7 Å². The van der Waals surface area contributed by atoms with Crippen molar-refractivity contribution in [2.24, 2.45) is 0 Å². The predicted molar refractivity (Wildman–Crippen MR) is 72.8 cm³/mol. The molecule has 0 unspecified atom stereocenters. The molecular weight excluding hydrogens is 277 g/mol. The maximum atomic E-state index is 13.8. The fourth-order valence-corrected chi connectivity index (χ4v) is 2.44. The van der Waals surface area contributed by atoms with E-state index >= 15 is 0 Å². The third kappa shape index (κ3) is 2.50. The Morgan fingerprint density at radius 1 is 1.33 bits per heavy atom. The topological polar surface area (TPSA) is 83.4 Å². The van der Waals surface area contributed by atoms with Crippen LogP contribution in [-0.2, 0) is 15.1 Å². The SMILES string of the molecule is COC1(c2noc(-c3cc(N)ccc3F)n2)CCOCC1. The molecule has 2 aromatic rings. The number of rotatable bonds is 3. The highest BCUT2D eigenvalue weighted by Gasteiger charge is 2.39. The quantitative estimate of drug-likeness (QED) is 0.873. The first-order chi connectivity index (χ1) is 10.1. The fraction of sp³-hybridized carbons (Fsp3) is 0.429. The van der Waals surface area contributed by atoms with Crippen LogP contribution in [0.1, 0.15) is 18.7 Å². The molecule has 0 bridgehead atoms. The van der Waals surface area contributed by atoms with Crippen LogP contribution >= 0.6 is 0 Å². The first-order valence-electron chi connectivity index (χ1n) is 6.67. The van der Waals surface area contributed by atoms with E-state index in [0.717, 1.165) is 0 Å². The number of nitrogens with two attached hydrogens (primary N) is 1. The van der Waals surface area contributed by atoms with E-state index in [1.54, 1.807) is 7.11 Å². The van der Waals surface area contributed by atoms with Gasteiger partial charge in [-0.15, -0.1) is 0 Å². The van der Waals surface area contributed by atoms with Crippen LogP contribution in [0.15, 0.2) is 22.7 Å². The number of benzene rings is 1. The average Bonchev–Trinajstić information content (AvgIpc) is 3.00. The second-order valence-corrected chi connectivity index (χ2v) is 4.97. The highest BCUT2D eigenvalue weighted by Crippen LogP contribution is 2.35. The Labute approximate surface area is 121 Å². The van der Waals surface area contributed by atoms with Crippen LogP contribution in [0.5, 0.6) is 0 Å². The molecule has 112 valence electrons. The number of hydrogen-bond acceptors (Lipinski definition) is 6. The van der Waals surface area contributed by atoms with E-state index in [9.17, 15) is 4.39 Å². The second kappa shape index (κ2) is 5.42. The molecule has 0 radical (unpaired) electrons. The summed E-state index contributed by atoms with van der Waals surface area (Å²) in [5.74, 6) is 0.0423. The lowest BCUT2D eigenvalue weighted by atomic mass is 9.93. The van der Waals surface area contributed by atoms with Crippen molar-refractivity contribution in [1.82, 2.24) is 10.1 Å². The third-order valence-electron chi connectivity index (χ3n) is 3.75. The average molecular weight is 293 g/mol. The number of hydrogen-bond donors (Lipinski definition) is 1. The molecule has 1 aliphatic heterocycles. The molecule has 0 atom stereocenters. The molecule has 21 heavy (non-hydrogen) atoms. The van der Waals surface area contributed by atoms with E-state index < -0.39 is 11.4 Å². The Hall–Kier alpha value is -1.99. The fourth-order valence-electron chi connectivity index (χ4n) is 2.44. The van der Waals surface area contributed by atoms with Crippen LogP contribution in [0.2, 0.25) is 0 Å². The summed E-state index contributed by atoms with van der Waals surface area (Å²) in [7, 11) is 1.60. The summed E-state index contributed by atoms with van der Waals surface area (Å²) >= 11 is 0. The minimum Gasteiger partial charge on any atom is -0.399 e. The Morgan fingerprint density at radius 3 is 2.81 bits per heavy atom. The highest BCUT2D eigenvalue weighted by molar-refractivity contribution is 5.60. The van der Waals surface area contributed by atoms with E-state index in [2.05, 4.69) is 10.1 Å². The van der Waals surface area contributed by atoms with Gasteiger partial charge in [-0.1, -0.05) is 5.16 Å². The smallest absolute Gasteiger partial charge is 0.261 e. The number of ether oxygens (including phenoxy) is 2. The van der Waals surface area contributed by atoms with Gasteiger partial charge in [-0.3, -0.25) is 0 Å². The van der Waals surface area contributed by atoms with Crippen molar-refractivity contribution in [2.75, 3.05) is 26.1 Å². The van der Waals surface area contributed by atoms with Crippen molar-refractivity contribution in [1.29, 1.82) is 0 Å². The van der Waals surface area contributed by atoms with Crippen molar-refractivity contribution in [2.45, 2.75) is 18.4 Å². The van der Waals surface area contributed by atoms with Crippen LogP contribution in [0, 0.1) is 5.82 Å². The Bertz CT molecular complexity index is 638. The molecule has 0 spiro atoms. The van der Waals surface area contributed by atoms with Crippen LogP contribution < -0.4 is 5.73 Å². The van der Waals surface area contributed by atoms with E-state index in [1.165, 1.54) is 18.2 Å². The first kappa shape index (κ1) is 14.0. The Kier molecular flexibility index (Phi) is 3.60. The lowest BCUT2D eigenvalue weighted by molar-refractivity contribution is -0.101. The molecule has 3 rings (SSSR count). The number of halogens is 1. The summed E-state index contributed by atoms with van der Waals surface area (Å²) in [5.41, 5.74) is 5.64. The van der Waals surface area contributed by atoms with Gasteiger partial charge in [0.1, 0.15) is 11.4 Å². The molecule has 0 aliphatic carbocycles. The molecular formula is C14H16FN3O3. The zero-order valence-corrected chi connectivity index (χ0v) is 11.6. The van der Waals surface area contributed by atoms with Gasteiger partial charge in [0.15, 0.2) is 0 Å². The molecule has 2 N–H and O–H groups in total. The summed E-state index contributed by atoms with van der Waals surface area (Å²) in [6, 6.07) is 4.22. The van der Waals surface area contributed by atoms with Crippen LogP contribution in [0.3, 0.4) is 0 Å². The van der Waals surface area contributed by atoms with Crippen molar-refractivity contribution in [3.8, 4) is 11.5 Å². The van der Waals surface area contributed by atoms with Gasteiger partial charge >= 0.3 is 0 Å². The van der Waals surface area contributed by atoms with Crippen LogP contribution in [-0.4, -0.2) is 30.5 Å². The maximum absolute atomic E-state index is 13.8. The zero-order valence-electron chi connectivity index (χ0n) is 11.6. The van der Waals surface area contributed by atoms with Crippen LogP contribution in [0.25, 0.3) is 11.5 Å². The number of nitrogen functional groups attached to an aromatic ring is 1. The van der Waals surface area contributed by atoms with Crippen molar-refractivity contribution < 1.29 is 18.4 Å². The van der Waals surface area contributed by atoms with Crippen LogP contribution in [0.4, 0.5) is 10.1 Å². The predicted octanol–water partition coefficient (Wildman–Crippen LogP) is 2.11. The van der Waals surface area contributed by atoms with Gasteiger partial charge in [-0.25, -0.2) is 4.39 Å². The van der Waals surface area contributed by atoms with E-state index in [0.29, 0.717) is 37.6 Å². The Balaban J connectivity index is 1.97. The van der Waals surface area contributed by atoms with Crippen molar-refractivity contribution >= 4 is 5.69 Å². The summed E-state index contributed by atoms with van der Waals surface area (Å²) in [6.07, 6.45) is 1.25. The molecule has 1 saturated heterocycles. The normalized spacial score (nSPS) is 17.8. The summed E-state index contributed by atoms with van der Waals surface area (Å²) in [6.45, 7) is 1.12. The van der Waals surface area contributed by atoms with Gasteiger partial charge in [0.2, 0.25) is 5.82 Å². The summed E-state index contributed by atoms with van der Waals surface area (Å²) in [4.78, 5) is 4.30. The molecule has 2 heterocycles. The number of aromatic nitrogens is 2. The van der Waals surface area contributed by atoms with Gasteiger partial charge in [0.25, 0.3) is 5.89 Å². The van der Waals surface area contributed by atoms with Gasteiger partial charge in [-0.2, -0.15) is 4.98 Å². The Morgan fingerprint density at radius 2 is 2.10 bits per heavy atom. The minimum absolute atomic E-state index is 0.0951. The molecule has 0 saturated carbocycles. The van der Waals surface area contributed by atoms with Gasteiger partial charge in [0.05, 0.1) is 5.56 Å². The molecule has 6 nitrogen and oxygen atoms in total. The molecule has 0 amide bonds. The maximum Gasteiger partial charge on any atom is 0.261 e. The number of methoxy groups -OCH3 is 1. The lowest BCUT2D eigenvalue weighted by Crippen LogP contribution is -2.36. The molecule has 1 aliphatic rings. The van der Waals surface area contributed by atoms with Gasteiger partial charge in [0, 0.05) is 38.9 Å². The summed E-state index contributed by atoms with van der Waals surface area (Å²) < 4.78 is 30.0. The molecule has 7 heteroatoms. The van der Waals surface area contributed by atoms with E-state index in [1.807, 2.05) is 0 Å². The standard InChI is InChI=1S/C14H16FN3O3/c1-19-14(4-6-20-7-5-14)13-17-12(21-18-13)10-8-9(16)2-3-11(10)15/h2-3,8H,4-7,16H2,1H3. The monoisotopic (exact) mass is 293 g/mol. The van der Waals surface area contributed by atoms with E-state index in [-0.39, 0.29) is 11.5 Å². The molecule has 1 fully saturated rings. The largest absolute Gasteiger partial charge is 0.399 e. The van der Waals surface area contributed by atoms with Crippen molar-refractivity contribution in [3.63, 3.8) is 0 Å². The lowest BCUT2D eigenvalue weighted by Gasteiger charge is -2.32. The van der Waals surface area contributed by atoms with Gasteiger partial charge in [-0.05, 0) is 18.2 Å². The molecule has 1 aromatic heterocycles. The second-order valence-electron chi connectivity index (χ2n) is 4.97. The third-order valence-corrected chi connectivity index (χ3v) is 3.75. The van der Waals surface area contributed by atoms with Gasteiger partial charge < -0.3 is 19.7 Å². The molecule has 1 aromatic carbocycles. The summed E-state index contributed by atoms with van der Waals surface area (Å²) in [5, 5.41) is 3.96. The number of nitrogens with zero attached hydrogens (tertiary/aromatic N) is 2. The first-order valence-corrected chi connectivity index (χ1v) is 6.67. The highest BCUT2D eigenvalue weighted by atomic mass is 19.1. The minimum atomic E-state index is -0.642. The number of anilines is 1. The van der Waals surface area contributed by atoms with Crippen molar-refractivity contribution in [3.05, 3.63) is 29.8 Å².